The molecule has 0 fully saturated rings. The highest BCUT2D eigenvalue weighted by molar-refractivity contribution is 8.24. The average Bonchev–Trinajstić information content (AvgIpc) is 3.17. The number of hydrogen-bond acceptors (Lipinski definition) is 8. The first-order chi connectivity index (χ1) is 12.4. The second kappa shape index (κ2) is 10.6. The molecular weight excluding hydrogens is 408 g/mol. The van der Waals surface area contributed by atoms with Crippen LogP contribution < -0.4 is 0 Å². The SMILES string of the molecule is C=CC(=O)OCC1=C(C)SC(CCC2SC(C)=C(COC(=O)C=C)S2)S1. The Kier molecular flexibility index (Phi) is 8.79. The topological polar surface area (TPSA) is 52.6 Å². The summed E-state index contributed by atoms with van der Waals surface area (Å²) in [5, 5.41) is 0. The number of hydrogen-bond donors (Lipinski definition) is 0. The van der Waals surface area contributed by atoms with E-state index < -0.39 is 0 Å². The van der Waals surface area contributed by atoms with Crippen molar-refractivity contribution in [2.45, 2.75) is 35.9 Å². The van der Waals surface area contributed by atoms with E-state index in [1.54, 1.807) is 23.5 Å². The normalized spacial score (nSPS) is 22.5. The third-order valence-electron chi connectivity index (χ3n) is 3.61. The van der Waals surface area contributed by atoms with Crippen LogP contribution in [-0.4, -0.2) is 34.3 Å². The van der Waals surface area contributed by atoms with Crippen LogP contribution in [0.25, 0.3) is 0 Å². The third kappa shape index (κ3) is 6.48. The Morgan fingerprint density at radius 2 is 1.23 bits per heavy atom. The summed E-state index contributed by atoms with van der Waals surface area (Å²) < 4.78 is 11.2. The van der Waals surface area contributed by atoms with E-state index in [4.69, 9.17) is 9.47 Å². The van der Waals surface area contributed by atoms with Crippen molar-refractivity contribution < 1.29 is 19.1 Å². The second-order valence-electron chi connectivity index (χ2n) is 5.49. The van der Waals surface area contributed by atoms with Gasteiger partial charge in [-0.3, -0.25) is 0 Å². The van der Waals surface area contributed by atoms with Gasteiger partial charge < -0.3 is 9.47 Å². The van der Waals surface area contributed by atoms with Gasteiger partial charge in [-0.05, 0) is 36.5 Å². The molecule has 2 heterocycles. The van der Waals surface area contributed by atoms with Crippen LogP contribution >= 0.6 is 47.0 Å². The number of carbonyl (C=O) groups excluding carboxylic acids is 2. The van der Waals surface area contributed by atoms with Crippen molar-refractivity contribution in [1.82, 2.24) is 0 Å². The molecule has 2 atom stereocenters. The molecule has 0 aromatic carbocycles. The first kappa shape index (κ1) is 21.6. The van der Waals surface area contributed by atoms with E-state index in [2.05, 4.69) is 27.0 Å². The smallest absolute Gasteiger partial charge is 0.330 e. The molecule has 2 rings (SSSR count). The maximum absolute atomic E-state index is 11.2. The fourth-order valence-electron chi connectivity index (χ4n) is 2.23. The summed E-state index contributed by atoms with van der Waals surface area (Å²) in [7, 11) is 0. The van der Waals surface area contributed by atoms with Gasteiger partial charge in [0.15, 0.2) is 0 Å². The van der Waals surface area contributed by atoms with Gasteiger partial charge in [0.25, 0.3) is 0 Å². The Hall–Kier alpha value is -0.700. The quantitative estimate of drug-likeness (QED) is 0.361. The average molecular weight is 431 g/mol. The highest BCUT2D eigenvalue weighted by Crippen LogP contribution is 2.51. The van der Waals surface area contributed by atoms with E-state index in [0.29, 0.717) is 22.4 Å². The van der Waals surface area contributed by atoms with Crippen molar-refractivity contribution in [3.8, 4) is 0 Å². The minimum absolute atomic E-state index is 0.331. The molecule has 4 nitrogen and oxygen atoms in total. The van der Waals surface area contributed by atoms with Crippen LogP contribution in [-0.2, 0) is 19.1 Å². The standard InChI is InChI=1S/C18H22O4S4/c1-5-15(19)21-9-13-11(3)23-17(25-13)7-8-18-24-12(4)14(26-18)10-22-16(20)6-2/h5-6,17-18H,1-2,7-10H2,3-4H3. The molecule has 0 radical (unpaired) electrons. The Morgan fingerprint density at radius 1 is 0.846 bits per heavy atom. The van der Waals surface area contributed by atoms with Crippen LogP contribution in [0.4, 0.5) is 0 Å². The summed E-state index contributed by atoms with van der Waals surface area (Å²) in [4.78, 5) is 27.1. The van der Waals surface area contributed by atoms with Crippen molar-refractivity contribution >= 4 is 59.0 Å². The Bertz CT molecular complexity index is 598. The molecule has 0 saturated carbocycles. The molecule has 0 saturated heterocycles. The molecule has 2 unspecified atom stereocenters. The van der Waals surface area contributed by atoms with E-state index in [1.807, 2.05) is 23.5 Å². The molecule has 2 aliphatic heterocycles. The molecular formula is C18H22O4S4. The van der Waals surface area contributed by atoms with E-state index >= 15 is 0 Å². The molecule has 8 heteroatoms. The minimum atomic E-state index is -0.385. The molecule has 0 aromatic heterocycles. The predicted molar refractivity (Wildman–Crippen MR) is 115 cm³/mol. The summed E-state index contributed by atoms with van der Waals surface area (Å²) in [6, 6.07) is 0. The maximum Gasteiger partial charge on any atom is 0.330 e. The van der Waals surface area contributed by atoms with Crippen LogP contribution in [0.5, 0.6) is 0 Å². The highest BCUT2D eigenvalue weighted by Gasteiger charge is 2.28. The lowest BCUT2D eigenvalue weighted by Gasteiger charge is -2.13. The molecule has 0 aromatic rings. The van der Waals surface area contributed by atoms with Crippen molar-refractivity contribution in [2.75, 3.05) is 13.2 Å². The Labute approximate surface area is 171 Å². The summed E-state index contributed by atoms with van der Waals surface area (Å²) >= 11 is 7.28. The van der Waals surface area contributed by atoms with Gasteiger partial charge in [-0.15, -0.1) is 47.0 Å². The molecule has 0 N–H and O–H groups in total. The zero-order valence-corrected chi connectivity index (χ0v) is 18.1. The van der Waals surface area contributed by atoms with Crippen LogP contribution in [0, 0.1) is 0 Å². The lowest BCUT2D eigenvalue weighted by molar-refractivity contribution is -0.137. The first-order valence-electron chi connectivity index (χ1n) is 8.07. The van der Waals surface area contributed by atoms with Gasteiger partial charge in [0.2, 0.25) is 0 Å². The van der Waals surface area contributed by atoms with E-state index in [1.165, 1.54) is 22.0 Å². The number of thioether (sulfide) groups is 4. The molecule has 0 spiro atoms. The maximum atomic E-state index is 11.2. The monoisotopic (exact) mass is 430 g/mol. The molecule has 2 aliphatic rings. The zero-order chi connectivity index (χ0) is 19.1. The highest BCUT2D eigenvalue weighted by atomic mass is 32.2. The van der Waals surface area contributed by atoms with E-state index in [9.17, 15) is 9.59 Å². The Balaban J connectivity index is 1.71. The fourth-order valence-corrected chi connectivity index (χ4v) is 8.16. The molecule has 0 aliphatic carbocycles. The third-order valence-corrected chi connectivity index (χ3v) is 9.64. The van der Waals surface area contributed by atoms with Crippen LogP contribution in [0.15, 0.2) is 44.9 Å². The number of ether oxygens (including phenoxy) is 2. The number of carbonyl (C=O) groups is 2. The van der Waals surface area contributed by atoms with Crippen molar-refractivity contribution in [1.29, 1.82) is 0 Å². The molecule has 0 bridgehead atoms. The van der Waals surface area contributed by atoms with Crippen LogP contribution in [0.2, 0.25) is 0 Å². The summed E-state index contributed by atoms with van der Waals surface area (Å²) in [6.45, 7) is 11.6. The number of allylic oxidation sites excluding steroid dienone is 2. The summed E-state index contributed by atoms with van der Waals surface area (Å²) in [5.41, 5.74) is 0. The number of esters is 2. The summed E-state index contributed by atoms with van der Waals surface area (Å²) in [5.74, 6) is -0.770. The van der Waals surface area contributed by atoms with Crippen molar-refractivity contribution in [3.05, 3.63) is 44.9 Å². The van der Waals surface area contributed by atoms with Gasteiger partial charge in [-0.2, -0.15) is 0 Å². The first-order valence-corrected chi connectivity index (χ1v) is 11.6. The van der Waals surface area contributed by atoms with Gasteiger partial charge in [0.1, 0.15) is 13.2 Å². The van der Waals surface area contributed by atoms with Gasteiger partial charge in [-0.25, -0.2) is 9.59 Å². The molecule has 26 heavy (non-hydrogen) atoms. The minimum Gasteiger partial charge on any atom is -0.457 e. The molecule has 142 valence electrons. The largest absolute Gasteiger partial charge is 0.457 e. The predicted octanol–water partition coefficient (Wildman–Crippen LogP) is 5.30. The lowest BCUT2D eigenvalue weighted by Crippen LogP contribution is -2.04. The van der Waals surface area contributed by atoms with Gasteiger partial charge in [0, 0.05) is 22.0 Å². The van der Waals surface area contributed by atoms with Crippen molar-refractivity contribution in [2.24, 2.45) is 0 Å². The van der Waals surface area contributed by atoms with Crippen molar-refractivity contribution in [3.63, 3.8) is 0 Å². The molecule has 0 amide bonds. The lowest BCUT2D eigenvalue weighted by atomic mass is 10.4. The van der Waals surface area contributed by atoms with E-state index in [-0.39, 0.29) is 11.9 Å². The van der Waals surface area contributed by atoms with Crippen LogP contribution in [0.1, 0.15) is 26.7 Å². The van der Waals surface area contributed by atoms with Gasteiger partial charge in [0.05, 0.1) is 9.16 Å². The van der Waals surface area contributed by atoms with Gasteiger partial charge in [-0.1, -0.05) is 13.2 Å². The zero-order valence-electron chi connectivity index (χ0n) is 14.8. The number of rotatable bonds is 9. The second-order valence-corrected chi connectivity index (χ2v) is 11.5. The van der Waals surface area contributed by atoms with Crippen LogP contribution in [0.3, 0.4) is 0 Å². The van der Waals surface area contributed by atoms with Gasteiger partial charge >= 0.3 is 11.9 Å². The Morgan fingerprint density at radius 3 is 1.58 bits per heavy atom. The summed E-state index contributed by atoms with van der Waals surface area (Å²) in [6.07, 6.45) is 4.52. The fraction of sp³-hybridized carbons (Fsp3) is 0.444. The van der Waals surface area contributed by atoms with E-state index in [0.717, 1.165) is 22.7 Å².